The van der Waals surface area contributed by atoms with Crippen LogP contribution < -0.4 is 0 Å². The molecule has 0 fully saturated rings. The van der Waals surface area contributed by atoms with E-state index in [1.54, 1.807) is 30.3 Å². The molecular formula is C11H14O3. The number of aromatic carboxylic acids is 1. The van der Waals surface area contributed by atoms with Gasteiger partial charge in [-0.3, -0.25) is 0 Å². The molecule has 1 N–H and O–H groups in total. The van der Waals surface area contributed by atoms with Crippen LogP contribution >= 0.6 is 0 Å². The fourth-order valence-corrected chi connectivity index (χ4v) is 0.699. The molecule has 3 heteroatoms. The summed E-state index contributed by atoms with van der Waals surface area (Å²) in [7, 11) is 0. The van der Waals surface area contributed by atoms with Gasteiger partial charge >= 0.3 is 5.97 Å². The average Bonchev–Trinajstić information content (AvgIpc) is 2.21. The Balaban J connectivity index is 0.000000292. The van der Waals surface area contributed by atoms with Crippen LogP contribution in [0.15, 0.2) is 43.2 Å². The largest absolute Gasteiger partial charge is 0.502 e. The lowest BCUT2D eigenvalue weighted by Crippen LogP contribution is -1.93. The maximum atomic E-state index is 10.2. The number of rotatable bonds is 3. The minimum absolute atomic E-state index is 0.331. The van der Waals surface area contributed by atoms with Crippen LogP contribution in [-0.4, -0.2) is 17.7 Å². The van der Waals surface area contributed by atoms with E-state index in [-0.39, 0.29) is 0 Å². The summed E-state index contributed by atoms with van der Waals surface area (Å²) in [6.45, 7) is 5.97. The molecule has 0 spiro atoms. The molecule has 0 saturated carbocycles. The van der Waals surface area contributed by atoms with Gasteiger partial charge in [-0.15, -0.1) is 0 Å². The van der Waals surface area contributed by atoms with E-state index in [2.05, 4.69) is 11.3 Å². The number of carboxylic acid groups (broad SMARTS) is 1. The Hall–Kier alpha value is -1.77. The lowest BCUT2D eigenvalue weighted by atomic mass is 10.2. The third kappa shape index (κ3) is 5.83. The number of hydrogen-bond acceptors (Lipinski definition) is 2. The van der Waals surface area contributed by atoms with Gasteiger partial charge in [0.05, 0.1) is 18.4 Å². The highest BCUT2D eigenvalue weighted by molar-refractivity contribution is 5.87. The van der Waals surface area contributed by atoms with E-state index in [9.17, 15) is 4.79 Å². The first-order chi connectivity index (χ1) is 6.72. The molecule has 0 aliphatic carbocycles. The quantitative estimate of drug-likeness (QED) is 0.752. The number of hydrogen-bond donors (Lipinski definition) is 1. The standard InChI is InChI=1S/C7H6O2.C4H8O/c8-7(9)6-4-2-1-3-5-6;1-3-5-4-2/h1-5H,(H,8,9);3H,1,4H2,2H3. The van der Waals surface area contributed by atoms with Gasteiger partial charge in [0.25, 0.3) is 0 Å². The topological polar surface area (TPSA) is 46.5 Å². The summed E-state index contributed by atoms with van der Waals surface area (Å²) in [4.78, 5) is 10.2. The molecule has 0 amide bonds. The molecule has 76 valence electrons. The summed E-state index contributed by atoms with van der Waals surface area (Å²) in [5.41, 5.74) is 0.331. The number of ether oxygens (including phenoxy) is 1. The van der Waals surface area contributed by atoms with Gasteiger partial charge in [-0.25, -0.2) is 4.79 Å². The third-order valence-electron chi connectivity index (χ3n) is 1.31. The van der Waals surface area contributed by atoms with Crippen LogP contribution in [0.4, 0.5) is 0 Å². The summed E-state index contributed by atoms with van der Waals surface area (Å²) >= 11 is 0. The van der Waals surface area contributed by atoms with Crippen LogP contribution in [0.1, 0.15) is 17.3 Å². The molecule has 14 heavy (non-hydrogen) atoms. The molecule has 0 atom stereocenters. The molecule has 3 nitrogen and oxygen atoms in total. The Morgan fingerprint density at radius 3 is 2.29 bits per heavy atom. The van der Waals surface area contributed by atoms with Crippen molar-refractivity contribution in [1.29, 1.82) is 0 Å². The van der Waals surface area contributed by atoms with E-state index in [1.165, 1.54) is 6.26 Å². The second-order valence-corrected chi connectivity index (χ2v) is 2.29. The molecule has 1 rings (SSSR count). The molecule has 0 heterocycles. The lowest BCUT2D eigenvalue weighted by Gasteiger charge is -1.88. The first-order valence-electron chi connectivity index (χ1n) is 4.23. The second-order valence-electron chi connectivity index (χ2n) is 2.29. The smallest absolute Gasteiger partial charge is 0.335 e. The summed E-state index contributed by atoms with van der Waals surface area (Å²) in [6, 6.07) is 8.30. The first-order valence-corrected chi connectivity index (χ1v) is 4.23. The Morgan fingerprint density at radius 2 is 2.07 bits per heavy atom. The predicted molar refractivity (Wildman–Crippen MR) is 55.2 cm³/mol. The first kappa shape index (κ1) is 12.2. The maximum absolute atomic E-state index is 10.2. The summed E-state index contributed by atoms with van der Waals surface area (Å²) in [5.74, 6) is -0.879. The maximum Gasteiger partial charge on any atom is 0.335 e. The minimum atomic E-state index is -0.879. The van der Waals surface area contributed by atoms with Crippen molar-refractivity contribution in [3.63, 3.8) is 0 Å². The molecule has 1 aromatic rings. The van der Waals surface area contributed by atoms with Crippen LogP contribution in [0.5, 0.6) is 0 Å². The number of carbonyl (C=O) groups is 1. The molecule has 1 aromatic carbocycles. The van der Waals surface area contributed by atoms with Crippen molar-refractivity contribution in [3.05, 3.63) is 48.7 Å². The highest BCUT2D eigenvalue weighted by Gasteiger charge is 1.96. The van der Waals surface area contributed by atoms with Crippen molar-refractivity contribution in [2.75, 3.05) is 6.61 Å². The third-order valence-corrected chi connectivity index (χ3v) is 1.31. The van der Waals surface area contributed by atoms with Gasteiger partial charge in [0.2, 0.25) is 0 Å². The Kier molecular flexibility index (Phi) is 6.86. The zero-order valence-electron chi connectivity index (χ0n) is 8.14. The number of benzene rings is 1. The van der Waals surface area contributed by atoms with E-state index >= 15 is 0 Å². The van der Waals surface area contributed by atoms with E-state index in [1.807, 2.05) is 6.92 Å². The molecule has 0 aromatic heterocycles. The van der Waals surface area contributed by atoms with Crippen molar-refractivity contribution in [2.45, 2.75) is 6.92 Å². The zero-order valence-corrected chi connectivity index (χ0v) is 8.14. The Morgan fingerprint density at radius 1 is 1.50 bits per heavy atom. The fourth-order valence-electron chi connectivity index (χ4n) is 0.699. The molecule has 0 aliphatic heterocycles. The molecular weight excluding hydrogens is 180 g/mol. The van der Waals surface area contributed by atoms with Crippen LogP contribution in [0.2, 0.25) is 0 Å². The van der Waals surface area contributed by atoms with Crippen molar-refractivity contribution >= 4 is 5.97 Å². The van der Waals surface area contributed by atoms with Crippen molar-refractivity contribution < 1.29 is 14.6 Å². The van der Waals surface area contributed by atoms with Crippen molar-refractivity contribution in [3.8, 4) is 0 Å². The molecule has 0 radical (unpaired) electrons. The van der Waals surface area contributed by atoms with Crippen LogP contribution in [-0.2, 0) is 4.74 Å². The van der Waals surface area contributed by atoms with Crippen LogP contribution in [0.3, 0.4) is 0 Å². The van der Waals surface area contributed by atoms with E-state index in [4.69, 9.17) is 5.11 Å². The Bertz CT molecular complexity index is 267. The predicted octanol–water partition coefficient (Wildman–Crippen LogP) is 2.55. The number of carboxylic acids is 1. The van der Waals surface area contributed by atoms with Gasteiger partial charge in [-0.1, -0.05) is 24.8 Å². The molecule has 0 saturated heterocycles. The van der Waals surface area contributed by atoms with E-state index in [0.717, 1.165) is 6.61 Å². The van der Waals surface area contributed by atoms with E-state index < -0.39 is 5.97 Å². The van der Waals surface area contributed by atoms with Gasteiger partial charge < -0.3 is 9.84 Å². The molecule has 0 aliphatic rings. The monoisotopic (exact) mass is 194 g/mol. The summed E-state index contributed by atoms with van der Waals surface area (Å²) in [5, 5.41) is 8.38. The van der Waals surface area contributed by atoms with Crippen LogP contribution in [0.25, 0.3) is 0 Å². The van der Waals surface area contributed by atoms with Crippen molar-refractivity contribution in [1.82, 2.24) is 0 Å². The fraction of sp³-hybridized carbons (Fsp3) is 0.182. The highest BCUT2D eigenvalue weighted by Crippen LogP contribution is 1.96. The summed E-state index contributed by atoms with van der Waals surface area (Å²) < 4.78 is 4.60. The van der Waals surface area contributed by atoms with Gasteiger partial charge in [-0.2, -0.15) is 0 Å². The van der Waals surface area contributed by atoms with E-state index in [0.29, 0.717) is 5.56 Å². The average molecular weight is 194 g/mol. The van der Waals surface area contributed by atoms with Gasteiger partial charge in [0.15, 0.2) is 0 Å². The van der Waals surface area contributed by atoms with Gasteiger partial charge in [0, 0.05) is 0 Å². The van der Waals surface area contributed by atoms with Crippen LogP contribution in [0, 0.1) is 0 Å². The molecule has 0 bridgehead atoms. The normalized spacial score (nSPS) is 8.07. The highest BCUT2D eigenvalue weighted by atomic mass is 16.5. The summed E-state index contributed by atoms with van der Waals surface area (Å²) in [6.07, 6.45) is 1.43. The SMILES string of the molecule is C=COCC.O=C(O)c1ccccc1. The second kappa shape index (κ2) is 7.86. The molecule has 0 unspecified atom stereocenters. The zero-order chi connectivity index (χ0) is 10.8. The van der Waals surface area contributed by atoms with Gasteiger partial charge in [0.1, 0.15) is 0 Å². The lowest BCUT2D eigenvalue weighted by molar-refractivity contribution is 0.0697. The van der Waals surface area contributed by atoms with Crippen molar-refractivity contribution in [2.24, 2.45) is 0 Å². The Labute approximate surface area is 83.6 Å². The minimum Gasteiger partial charge on any atom is -0.502 e. The van der Waals surface area contributed by atoms with Gasteiger partial charge in [-0.05, 0) is 19.1 Å².